The second-order valence-corrected chi connectivity index (χ2v) is 4.34. The van der Waals surface area contributed by atoms with E-state index in [2.05, 4.69) is 35.9 Å². The average Bonchev–Trinajstić information content (AvgIpc) is 2.85. The summed E-state index contributed by atoms with van der Waals surface area (Å²) in [4.78, 5) is 15.5. The SMILES string of the molecule is O=C(NCCc1ncon1)c1ccc(F)c(Br)c1. The number of hydrogen-bond acceptors (Lipinski definition) is 4. The Morgan fingerprint density at radius 2 is 2.33 bits per heavy atom. The van der Waals surface area contributed by atoms with E-state index in [1.165, 1.54) is 24.6 Å². The number of nitrogens with zero attached hydrogens (tertiary/aromatic N) is 2. The van der Waals surface area contributed by atoms with Gasteiger partial charge in [-0.1, -0.05) is 5.16 Å². The van der Waals surface area contributed by atoms with Crippen LogP contribution in [0.5, 0.6) is 0 Å². The first-order valence-corrected chi connectivity index (χ1v) is 5.94. The topological polar surface area (TPSA) is 68.0 Å². The summed E-state index contributed by atoms with van der Waals surface area (Å²) in [5, 5.41) is 6.30. The molecular weight excluding hydrogens is 305 g/mol. The Hall–Kier alpha value is -1.76. The van der Waals surface area contributed by atoms with Crippen LogP contribution in [0.15, 0.2) is 33.6 Å². The van der Waals surface area contributed by atoms with Gasteiger partial charge in [-0.3, -0.25) is 4.79 Å². The second-order valence-electron chi connectivity index (χ2n) is 3.48. The van der Waals surface area contributed by atoms with E-state index >= 15 is 0 Å². The maximum atomic E-state index is 13.0. The Kier molecular flexibility index (Phi) is 4.03. The molecule has 18 heavy (non-hydrogen) atoms. The van der Waals surface area contributed by atoms with Gasteiger partial charge in [-0.15, -0.1) is 0 Å². The van der Waals surface area contributed by atoms with E-state index in [1.54, 1.807) is 0 Å². The first kappa shape index (κ1) is 12.7. The van der Waals surface area contributed by atoms with Crippen LogP contribution in [0.2, 0.25) is 0 Å². The van der Waals surface area contributed by atoms with Crippen molar-refractivity contribution in [3.05, 3.63) is 46.3 Å². The minimum atomic E-state index is -0.404. The van der Waals surface area contributed by atoms with Gasteiger partial charge in [-0.25, -0.2) is 4.39 Å². The van der Waals surface area contributed by atoms with Crippen LogP contribution in [0.25, 0.3) is 0 Å². The molecule has 1 aromatic heterocycles. The van der Waals surface area contributed by atoms with Crippen LogP contribution in [0.3, 0.4) is 0 Å². The van der Waals surface area contributed by atoms with Crippen LogP contribution < -0.4 is 5.32 Å². The summed E-state index contributed by atoms with van der Waals surface area (Å²) in [7, 11) is 0. The molecule has 0 atom stereocenters. The molecule has 1 amide bonds. The molecule has 0 fully saturated rings. The van der Waals surface area contributed by atoms with E-state index in [0.717, 1.165) is 0 Å². The van der Waals surface area contributed by atoms with Gasteiger partial charge in [0.15, 0.2) is 5.82 Å². The van der Waals surface area contributed by atoms with Crippen LogP contribution in [-0.2, 0) is 6.42 Å². The largest absolute Gasteiger partial charge is 0.352 e. The lowest BCUT2D eigenvalue weighted by Crippen LogP contribution is -2.26. The summed E-state index contributed by atoms with van der Waals surface area (Å²) in [5.41, 5.74) is 0.386. The van der Waals surface area contributed by atoms with Crippen molar-refractivity contribution in [1.82, 2.24) is 15.5 Å². The van der Waals surface area contributed by atoms with E-state index in [1.807, 2.05) is 0 Å². The van der Waals surface area contributed by atoms with Crippen molar-refractivity contribution in [2.24, 2.45) is 0 Å². The van der Waals surface area contributed by atoms with E-state index in [0.29, 0.717) is 24.4 Å². The standard InChI is InChI=1S/C11H9BrFN3O2/c12-8-5-7(1-2-9(8)13)11(17)14-4-3-10-15-6-18-16-10/h1-2,5-6H,3-4H2,(H,14,17). The Morgan fingerprint density at radius 1 is 1.50 bits per heavy atom. The molecule has 5 nitrogen and oxygen atoms in total. The average molecular weight is 314 g/mol. The normalized spacial score (nSPS) is 10.3. The van der Waals surface area contributed by atoms with Crippen LogP contribution in [0.4, 0.5) is 4.39 Å². The molecule has 0 bridgehead atoms. The first-order chi connectivity index (χ1) is 8.66. The molecule has 0 saturated heterocycles. The molecule has 0 saturated carbocycles. The molecule has 1 N–H and O–H groups in total. The molecule has 0 spiro atoms. The molecule has 94 valence electrons. The lowest BCUT2D eigenvalue weighted by atomic mass is 10.2. The second kappa shape index (κ2) is 5.72. The Bertz CT molecular complexity index is 545. The van der Waals surface area contributed by atoms with Gasteiger partial charge < -0.3 is 9.84 Å². The Balaban J connectivity index is 1.89. The fraction of sp³-hybridized carbons (Fsp3) is 0.182. The maximum absolute atomic E-state index is 13.0. The summed E-state index contributed by atoms with van der Waals surface area (Å²) in [6.45, 7) is 0.382. The van der Waals surface area contributed by atoms with Crippen molar-refractivity contribution in [3.8, 4) is 0 Å². The van der Waals surface area contributed by atoms with Crippen LogP contribution in [0.1, 0.15) is 16.2 Å². The van der Waals surface area contributed by atoms with Crippen LogP contribution in [-0.4, -0.2) is 22.6 Å². The first-order valence-electron chi connectivity index (χ1n) is 5.15. The number of amides is 1. The third kappa shape index (κ3) is 3.13. The number of carbonyl (C=O) groups excluding carboxylic acids is 1. The zero-order valence-corrected chi connectivity index (χ0v) is 10.8. The Labute approximate surface area is 111 Å². The van der Waals surface area contributed by atoms with Crippen molar-refractivity contribution >= 4 is 21.8 Å². The molecule has 1 heterocycles. The number of aromatic nitrogens is 2. The highest BCUT2D eigenvalue weighted by Crippen LogP contribution is 2.16. The zero-order valence-electron chi connectivity index (χ0n) is 9.19. The number of rotatable bonds is 4. The zero-order chi connectivity index (χ0) is 13.0. The van der Waals surface area contributed by atoms with Crippen molar-refractivity contribution in [2.45, 2.75) is 6.42 Å². The molecule has 0 radical (unpaired) electrons. The summed E-state index contributed by atoms with van der Waals surface area (Å²) < 4.78 is 17.8. The molecule has 2 rings (SSSR count). The van der Waals surface area contributed by atoms with Crippen molar-refractivity contribution in [3.63, 3.8) is 0 Å². The molecule has 1 aromatic carbocycles. The van der Waals surface area contributed by atoms with Gasteiger partial charge in [-0.05, 0) is 34.1 Å². The van der Waals surface area contributed by atoms with Gasteiger partial charge in [0.2, 0.25) is 6.39 Å². The number of benzene rings is 1. The molecule has 2 aromatic rings. The number of nitrogens with one attached hydrogen (secondary N) is 1. The highest BCUT2D eigenvalue weighted by Gasteiger charge is 2.08. The minimum Gasteiger partial charge on any atom is -0.352 e. The van der Waals surface area contributed by atoms with Crippen molar-refractivity contribution in [1.29, 1.82) is 0 Å². The van der Waals surface area contributed by atoms with E-state index in [4.69, 9.17) is 0 Å². The quantitative estimate of drug-likeness (QED) is 0.936. The molecule has 0 aliphatic heterocycles. The lowest BCUT2D eigenvalue weighted by Gasteiger charge is -2.04. The van der Waals surface area contributed by atoms with Gasteiger partial charge in [0.1, 0.15) is 5.82 Å². The number of carbonyl (C=O) groups is 1. The van der Waals surface area contributed by atoms with Gasteiger partial charge >= 0.3 is 0 Å². The molecule has 7 heteroatoms. The number of hydrogen-bond donors (Lipinski definition) is 1. The van der Waals surface area contributed by atoms with Crippen LogP contribution >= 0.6 is 15.9 Å². The summed E-state index contributed by atoms with van der Waals surface area (Å²) in [6.07, 6.45) is 1.71. The molecule has 0 unspecified atom stereocenters. The summed E-state index contributed by atoms with van der Waals surface area (Å²) in [5.74, 6) is -0.159. The number of halogens is 2. The summed E-state index contributed by atoms with van der Waals surface area (Å²) >= 11 is 3.03. The minimum absolute atomic E-state index is 0.258. The fourth-order valence-electron chi connectivity index (χ4n) is 1.33. The highest BCUT2D eigenvalue weighted by molar-refractivity contribution is 9.10. The molecule has 0 aliphatic rings. The third-order valence-electron chi connectivity index (χ3n) is 2.22. The highest BCUT2D eigenvalue weighted by atomic mass is 79.9. The van der Waals surface area contributed by atoms with Crippen molar-refractivity contribution in [2.75, 3.05) is 6.54 Å². The smallest absolute Gasteiger partial charge is 0.251 e. The Morgan fingerprint density at radius 3 is 3.00 bits per heavy atom. The van der Waals surface area contributed by atoms with Gasteiger partial charge in [0.25, 0.3) is 5.91 Å². The third-order valence-corrected chi connectivity index (χ3v) is 2.83. The molecular formula is C11H9BrFN3O2. The van der Waals surface area contributed by atoms with Gasteiger partial charge in [-0.2, -0.15) is 4.98 Å². The lowest BCUT2D eigenvalue weighted by molar-refractivity contribution is 0.0954. The van der Waals surface area contributed by atoms with Gasteiger partial charge in [0, 0.05) is 18.5 Å². The van der Waals surface area contributed by atoms with Crippen molar-refractivity contribution < 1.29 is 13.7 Å². The van der Waals surface area contributed by atoms with E-state index in [9.17, 15) is 9.18 Å². The predicted octanol–water partition coefficient (Wildman–Crippen LogP) is 1.94. The van der Waals surface area contributed by atoms with Crippen LogP contribution in [0, 0.1) is 5.82 Å². The molecule has 0 aliphatic carbocycles. The van der Waals surface area contributed by atoms with E-state index in [-0.39, 0.29) is 10.4 Å². The fourth-order valence-corrected chi connectivity index (χ4v) is 1.71. The van der Waals surface area contributed by atoms with Gasteiger partial charge in [0.05, 0.1) is 4.47 Å². The van der Waals surface area contributed by atoms with E-state index < -0.39 is 5.82 Å². The predicted molar refractivity (Wildman–Crippen MR) is 64.4 cm³/mol. The maximum Gasteiger partial charge on any atom is 0.251 e. The monoisotopic (exact) mass is 313 g/mol. The summed E-state index contributed by atoms with van der Waals surface area (Å²) in [6, 6.07) is 4.08.